The molecule has 1 rings (SSSR count). The lowest BCUT2D eigenvalue weighted by molar-refractivity contribution is 0.207. The third kappa shape index (κ3) is 3.77. The monoisotopic (exact) mass is 219 g/mol. The van der Waals surface area contributed by atoms with Crippen molar-refractivity contribution in [3.8, 4) is 0 Å². The van der Waals surface area contributed by atoms with Crippen molar-refractivity contribution >= 4 is 10.1 Å². The van der Waals surface area contributed by atoms with E-state index >= 15 is 0 Å². The van der Waals surface area contributed by atoms with E-state index in [-0.39, 0.29) is 6.10 Å². The second-order valence-corrected chi connectivity index (χ2v) is 5.11. The average molecular weight is 219 g/mol. The third-order valence-electron chi connectivity index (χ3n) is 2.28. The molecule has 4 nitrogen and oxygen atoms in total. The minimum Gasteiger partial charge on any atom is -0.314 e. The summed E-state index contributed by atoms with van der Waals surface area (Å²) in [5.74, 6) is 0. The van der Waals surface area contributed by atoms with Gasteiger partial charge in [-0.1, -0.05) is 6.58 Å². The largest absolute Gasteiger partial charge is 0.314 e. The average Bonchev–Trinajstić information content (AvgIpc) is 2.55. The summed E-state index contributed by atoms with van der Waals surface area (Å²) in [5.41, 5.74) is 0. The Morgan fingerprint density at radius 3 is 2.93 bits per heavy atom. The second-order valence-electron chi connectivity index (χ2n) is 3.60. The van der Waals surface area contributed by atoms with Gasteiger partial charge >= 0.3 is 0 Å². The minimum absolute atomic E-state index is 0.284. The van der Waals surface area contributed by atoms with Crippen molar-refractivity contribution in [2.75, 3.05) is 6.54 Å². The normalized spacial score (nSPS) is 24.8. The van der Waals surface area contributed by atoms with E-state index in [0.717, 1.165) is 31.2 Å². The SMILES string of the molecule is C=CS(=O)(=O)OC(C)CC1CCCN1. The lowest BCUT2D eigenvalue weighted by Crippen LogP contribution is -2.27. The van der Waals surface area contributed by atoms with Crippen LogP contribution in [0, 0.1) is 0 Å². The molecule has 0 aromatic carbocycles. The molecule has 0 bridgehead atoms. The molecule has 0 aromatic rings. The summed E-state index contributed by atoms with van der Waals surface area (Å²) in [6.07, 6.45) is 2.70. The maximum Gasteiger partial charge on any atom is 0.289 e. The summed E-state index contributed by atoms with van der Waals surface area (Å²) < 4.78 is 26.9. The molecular formula is C9H17NO3S. The van der Waals surface area contributed by atoms with E-state index in [1.165, 1.54) is 0 Å². The van der Waals surface area contributed by atoms with Crippen LogP contribution in [0.3, 0.4) is 0 Å². The van der Waals surface area contributed by atoms with Gasteiger partial charge in [0.15, 0.2) is 0 Å². The quantitative estimate of drug-likeness (QED) is 0.701. The van der Waals surface area contributed by atoms with Gasteiger partial charge in [-0.3, -0.25) is 4.18 Å². The van der Waals surface area contributed by atoms with Crippen LogP contribution in [0.25, 0.3) is 0 Å². The molecule has 0 amide bonds. The molecule has 1 fully saturated rings. The fourth-order valence-electron chi connectivity index (χ4n) is 1.67. The van der Waals surface area contributed by atoms with Crippen molar-refractivity contribution in [3.05, 3.63) is 12.0 Å². The molecule has 1 saturated heterocycles. The first-order chi connectivity index (χ1) is 6.53. The standard InChI is InChI=1S/C9H17NO3S/c1-3-14(11,12)13-8(2)7-9-5-4-6-10-9/h3,8-10H,1,4-7H2,2H3. The van der Waals surface area contributed by atoms with Gasteiger partial charge in [-0.2, -0.15) is 8.42 Å². The highest BCUT2D eigenvalue weighted by Crippen LogP contribution is 2.14. The van der Waals surface area contributed by atoms with Gasteiger partial charge in [0.1, 0.15) is 0 Å². The zero-order valence-electron chi connectivity index (χ0n) is 8.40. The highest BCUT2D eigenvalue weighted by molar-refractivity contribution is 7.89. The highest BCUT2D eigenvalue weighted by Gasteiger charge is 2.20. The van der Waals surface area contributed by atoms with Gasteiger partial charge in [0.05, 0.1) is 11.5 Å². The molecule has 0 saturated carbocycles. The summed E-state index contributed by atoms with van der Waals surface area (Å²) in [6, 6.07) is 0.394. The Morgan fingerprint density at radius 1 is 1.71 bits per heavy atom. The third-order valence-corrected chi connectivity index (χ3v) is 3.29. The van der Waals surface area contributed by atoms with Gasteiger partial charge in [-0.15, -0.1) is 0 Å². The van der Waals surface area contributed by atoms with Crippen molar-refractivity contribution in [3.63, 3.8) is 0 Å². The summed E-state index contributed by atoms with van der Waals surface area (Å²) >= 11 is 0. The van der Waals surface area contributed by atoms with Gasteiger partial charge < -0.3 is 5.32 Å². The van der Waals surface area contributed by atoms with Gasteiger partial charge in [-0.05, 0) is 32.7 Å². The predicted octanol–water partition coefficient (Wildman–Crippen LogP) is 1.01. The van der Waals surface area contributed by atoms with E-state index in [0.29, 0.717) is 6.04 Å². The van der Waals surface area contributed by atoms with Crippen LogP contribution in [0.15, 0.2) is 12.0 Å². The van der Waals surface area contributed by atoms with Crippen LogP contribution in [-0.4, -0.2) is 27.1 Å². The van der Waals surface area contributed by atoms with Crippen molar-refractivity contribution in [1.29, 1.82) is 0 Å². The number of rotatable bonds is 5. The minimum atomic E-state index is -3.52. The van der Waals surface area contributed by atoms with Crippen LogP contribution in [0.2, 0.25) is 0 Å². The topological polar surface area (TPSA) is 55.4 Å². The number of hydrogen-bond donors (Lipinski definition) is 1. The van der Waals surface area contributed by atoms with E-state index in [9.17, 15) is 8.42 Å². The predicted molar refractivity (Wildman–Crippen MR) is 55.3 cm³/mol. The van der Waals surface area contributed by atoms with Crippen LogP contribution in [0.4, 0.5) is 0 Å². The molecule has 2 atom stereocenters. The summed E-state index contributed by atoms with van der Waals surface area (Å²) in [4.78, 5) is 0. The first-order valence-electron chi connectivity index (χ1n) is 4.82. The van der Waals surface area contributed by atoms with Crippen LogP contribution in [-0.2, 0) is 14.3 Å². The van der Waals surface area contributed by atoms with E-state index in [1.54, 1.807) is 6.92 Å². The Balaban J connectivity index is 2.34. The second kappa shape index (κ2) is 4.91. The molecule has 0 radical (unpaired) electrons. The molecule has 1 aliphatic heterocycles. The first-order valence-corrected chi connectivity index (χ1v) is 6.30. The molecule has 0 spiro atoms. The zero-order chi connectivity index (χ0) is 10.6. The van der Waals surface area contributed by atoms with E-state index in [4.69, 9.17) is 4.18 Å². The smallest absolute Gasteiger partial charge is 0.289 e. The van der Waals surface area contributed by atoms with E-state index in [2.05, 4.69) is 11.9 Å². The highest BCUT2D eigenvalue weighted by atomic mass is 32.2. The maximum absolute atomic E-state index is 11.0. The van der Waals surface area contributed by atoms with E-state index in [1.807, 2.05) is 0 Å². The van der Waals surface area contributed by atoms with Crippen molar-refractivity contribution < 1.29 is 12.6 Å². The molecule has 1 heterocycles. The van der Waals surface area contributed by atoms with Crippen LogP contribution in [0.1, 0.15) is 26.2 Å². The van der Waals surface area contributed by atoms with Crippen LogP contribution in [0.5, 0.6) is 0 Å². The molecule has 1 N–H and O–H groups in total. The summed E-state index contributed by atoms with van der Waals surface area (Å²) in [6.45, 7) is 5.97. The lowest BCUT2D eigenvalue weighted by Gasteiger charge is -2.15. The summed E-state index contributed by atoms with van der Waals surface area (Å²) in [7, 11) is -3.52. The first kappa shape index (κ1) is 11.7. The Labute approximate surface area is 85.5 Å². The molecular weight excluding hydrogens is 202 g/mol. The number of nitrogens with one attached hydrogen (secondary N) is 1. The van der Waals surface area contributed by atoms with E-state index < -0.39 is 10.1 Å². The van der Waals surface area contributed by atoms with Crippen molar-refractivity contribution in [2.24, 2.45) is 0 Å². The fourth-order valence-corrected chi connectivity index (χ4v) is 2.28. The Bertz CT molecular complexity index is 280. The van der Waals surface area contributed by atoms with Crippen molar-refractivity contribution in [1.82, 2.24) is 5.32 Å². The van der Waals surface area contributed by atoms with Gasteiger partial charge in [0.25, 0.3) is 10.1 Å². The fraction of sp³-hybridized carbons (Fsp3) is 0.778. The lowest BCUT2D eigenvalue weighted by atomic mass is 10.1. The Hall–Kier alpha value is -0.390. The van der Waals surface area contributed by atoms with Crippen molar-refractivity contribution in [2.45, 2.75) is 38.3 Å². The molecule has 0 aliphatic carbocycles. The molecule has 5 heteroatoms. The molecule has 1 aliphatic rings. The molecule has 14 heavy (non-hydrogen) atoms. The maximum atomic E-state index is 11.0. The van der Waals surface area contributed by atoms with Gasteiger partial charge in [0.2, 0.25) is 0 Å². The van der Waals surface area contributed by atoms with Crippen LogP contribution < -0.4 is 5.32 Å². The van der Waals surface area contributed by atoms with Gasteiger partial charge in [0, 0.05) is 6.04 Å². The number of hydrogen-bond acceptors (Lipinski definition) is 4. The Morgan fingerprint density at radius 2 is 2.43 bits per heavy atom. The molecule has 0 aromatic heterocycles. The Kier molecular flexibility index (Phi) is 4.10. The summed E-state index contributed by atoms with van der Waals surface area (Å²) in [5, 5.41) is 4.13. The molecule has 2 unspecified atom stereocenters. The van der Waals surface area contributed by atoms with Gasteiger partial charge in [-0.25, -0.2) is 0 Å². The van der Waals surface area contributed by atoms with Crippen LogP contribution >= 0.6 is 0 Å². The zero-order valence-corrected chi connectivity index (χ0v) is 9.22. The molecule has 82 valence electrons.